The van der Waals surface area contributed by atoms with Crippen LogP contribution < -0.4 is 15.8 Å². The molecule has 3 N–H and O–H groups in total. The molecular formula is C19H31FIN3O2. The van der Waals surface area contributed by atoms with E-state index in [1.54, 1.807) is 0 Å². The second kappa shape index (κ2) is 13.1. The molecule has 1 heterocycles. The molecule has 0 aromatic heterocycles. The highest BCUT2D eigenvalue weighted by Crippen LogP contribution is 2.29. The standard InChI is InChI=1S/C19H30FN3O2.HI/c1-2-3-4-5-6-7-9-22-19(21)23-10-8-15-11-17(20)12-16-13-24-14-25-18(15)16;/h11-12H,2-10,13-14H2,1H3,(H3,21,22,23);1H. The van der Waals surface area contributed by atoms with Crippen molar-refractivity contribution in [3.05, 3.63) is 29.1 Å². The van der Waals surface area contributed by atoms with Gasteiger partial charge in [0.05, 0.1) is 6.61 Å². The number of nitrogens with two attached hydrogens (primary N) is 1. The number of ether oxygens (including phenoxy) is 2. The summed E-state index contributed by atoms with van der Waals surface area (Å²) in [5.74, 6) is 0.910. The van der Waals surface area contributed by atoms with Gasteiger partial charge in [0.25, 0.3) is 0 Å². The summed E-state index contributed by atoms with van der Waals surface area (Å²) < 4.78 is 24.4. The van der Waals surface area contributed by atoms with Crippen molar-refractivity contribution in [2.24, 2.45) is 10.7 Å². The zero-order valence-corrected chi connectivity index (χ0v) is 17.9. The first-order valence-electron chi connectivity index (χ1n) is 9.26. The van der Waals surface area contributed by atoms with Gasteiger partial charge in [0.2, 0.25) is 0 Å². The Balaban J connectivity index is 0.00000338. The second-order valence-corrected chi connectivity index (χ2v) is 6.38. The normalized spacial score (nSPS) is 13.5. The number of rotatable bonds is 10. The van der Waals surface area contributed by atoms with Crippen LogP contribution in [0.5, 0.6) is 5.75 Å². The summed E-state index contributed by atoms with van der Waals surface area (Å²) in [5, 5.41) is 3.09. The summed E-state index contributed by atoms with van der Waals surface area (Å²) in [4.78, 5) is 4.34. The largest absolute Gasteiger partial charge is 0.467 e. The topological polar surface area (TPSA) is 68.9 Å². The highest BCUT2D eigenvalue weighted by molar-refractivity contribution is 14.0. The van der Waals surface area contributed by atoms with Gasteiger partial charge in [-0.1, -0.05) is 39.0 Å². The zero-order chi connectivity index (χ0) is 17.9. The molecule has 0 saturated carbocycles. The van der Waals surface area contributed by atoms with E-state index < -0.39 is 0 Å². The Bertz CT molecular complexity index is 570. The van der Waals surface area contributed by atoms with Gasteiger partial charge < -0.3 is 20.5 Å². The van der Waals surface area contributed by atoms with E-state index in [1.807, 2.05) is 0 Å². The highest BCUT2D eigenvalue weighted by Gasteiger charge is 2.16. The van der Waals surface area contributed by atoms with E-state index in [0.717, 1.165) is 29.8 Å². The number of aliphatic imine (C=N–C) groups is 1. The third kappa shape index (κ3) is 8.07. The Morgan fingerprint density at radius 2 is 2.00 bits per heavy atom. The second-order valence-electron chi connectivity index (χ2n) is 6.38. The van der Waals surface area contributed by atoms with Crippen LogP contribution in [0.25, 0.3) is 0 Å². The Kier molecular flexibility index (Phi) is 11.6. The smallest absolute Gasteiger partial charge is 0.189 e. The van der Waals surface area contributed by atoms with Gasteiger partial charge >= 0.3 is 0 Å². The van der Waals surface area contributed by atoms with E-state index in [9.17, 15) is 4.39 Å². The molecule has 0 spiro atoms. The number of halogens is 2. The summed E-state index contributed by atoms with van der Waals surface area (Å²) in [6.45, 7) is 4.15. The van der Waals surface area contributed by atoms with Crippen LogP contribution in [0.1, 0.15) is 56.6 Å². The number of hydrogen-bond acceptors (Lipinski definition) is 3. The SMILES string of the molecule is CCCCCCCCN=C(N)NCCc1cc(F)cc2c1OCOC2.I. The van der Waals surface area contributed by atoms with Crippen molar-refractivity contribution in [2.45, 2.75) is 58.5 Å². The van der Waals surface area contributed by atoms with Crippen LogP contribution in [-0.2, 0) is 17.8 Å². The van der Waals surface area contributed by atoms with Crippen molar-refractivity contribution in [2.75, 3.05) is 19.9 Å². The van der Waals surface area contributed by atoms with E-state index in [2.05, 4.69) is 17.2 Å². The molecule has 5 nitrogen and oxygen atoms in total. The van der Waals surface area contributed by atoms with E-state index in [1.165, 1.54) is 44.2 Å². The molecule has 1 aromatic rings. The van der Waals surface area contributed by atoms with Crippen LogP contribution in [-0.4, -0.2) is 25.8 Å². The summed E-state index contributed by atoms with van der Waals surface area (Å²) in [6, 6.07) is 2.97. The molecule has 0 amide bonds. The number of nitrogens with one attached hydrogen (secondary N) is 1. The minimum Gasteiger partial charge on any atom is -0.467 e. The number of unbranched alkanes of at least 4 members (excludes halogenated alkanes) is 5. The van der Waals surface area contributed by atoms with Gasteiger partial charge in [0.15, 0.2) is 12.8 Å². The third-order valence-corrected chi connectivity index (χ3v) is 4.25. The maximum absolute atomic E-state index is 13.7. The molecule has 0 saturated heterocycles. The molecule has 26 heavy (non-hydrogen) atoms. The quantitative estimate of drug-likeness (QED) is 0.229. The molecule has 7 heteroatoms. The number of benzene rings is 1. The number of guanidine groups is 1. The Hall–Kier alpha value is -1.09. The predicted molar refractivity (Wildman–Crippen MR) is 114 cm³/mol. The van der Waals surface area contributed by atoms with Crippen LogP contribution >= 0.6 is 24.0 Å². The molecular weight excluding hydrogens is 448 g/mol. The molecule has 1 aliphatic rings. The van der Waals surface area contributed by atoms with Gasteiger partial charge in [-0.2, -0.15) is 0 Å². The van der Waals surface area contributed by atoms with Gasteiger partial charge in [0.1, 0.15) is 11.6 Å². The Morgan fingerprint density at radius 1 is 1.23 bits per heavy atom. The number of hydrogen-bond donors (Lipinski definition) is 2. The average molecular weight is 479 g/mol. The number of nitrogens with zero attached hydrogens (tertiary/aromatic N) is 1. The van der Waals surface area contributed by atoms with Crippen molar-refractivity contribution in [1.29, 1.82) is 0 Å². The lowest BCUT2D eigenvalue weighted by Gasteiger charge is -2.21. The van der Waals surface area contributed by atoms with Gasteiger partial charge in [-0.15, -0.1) is 24.0 Å². The molecule has 0 aliphatic carbocycles. The summed E-state index contributed by atoms with van der Waals surface area (Å²) in [5.41, 5.74) is 7.47. The summed E-state index contributed by atoms with van der Waals surface area (Å²) in [6.07, 6.45) is 8.04. The lowest BCUT2D eigenvalue weighted by atomic mass is 10.1. The fourth-order valence-electron chi connectivity index (χ4n) is 2.92. The predicted octanol–water partition coefficient (Wildman–Crippen LogP) is 4.12. The van der Waals surface area contributed by atoms with Crippen LogP contribution in [0.15, 0.2) is 17.1 Å². The lowest BCUT2D eigenvalue weighted by Crippen LogP contribution is -2.33. The van der Waals surface area contributed by atoms with Gasteiger partial charge in [-0.3, -0.25) is 4.99 Å². The third-order valence-electron chi connectivity index (χ3n) is 4.25. The molecule has 0 fully saturated rings. The summed E-state index contributed by atoms with van der Waals surface area (Å²) in [7, 11) is 0. The molecule has 1 aromatic carbocycles. The fourth-order valence-corrected chi connectivity index (χ4v) is 2.92. The first kappa shape index (κ1) is 23.0. The first-order chi connectivity index (χ1) is 12.2. The van der Waals surface area contributed by atoms with E-state index in [4.69, 9.17) is 15.2 Å². The summed E-state index contributed by atoms with van der Waals surface area (Å²) >= 11 is 0. The van der Waals surface area contributed by atoms with Crippen molar-refractivity contribution in [1.82, 2.24) is 5.32 Å². The molecule has 1 aliphatic heterocycles. The average Bonchev–Trinajstić information content (AvgIpc) is 2.60. The van der Waals surface area contributed by atoms with Crippen molar-refractivity contribution < 1.29 is 13.9 Å². The molecule has 2 rings (SSSR count). The van der Waals surface area contributed by atoms with E-state index in [0.29, 0.717) is 25.5 Å². The molecule has 0 unspecified atom stereocenters. The maximum Gasteiger partial charge on any atom is 0.189 e. The van der Waals surface area contributed by atoms with Crippen LogP contribution in [0.2, 0.25) is 0 Å². The minimum atomic E-state index is -0.271. The molecule has 0 atom stereocenters. The first-order valence-corrected chi connectivity index (χ1v) is 9.26. The highest BCUT2D eigenvalue weighted by atomic mass is 127. The van der Waals surface area contributed by atoms with E-state index in [-0.39, 0.29) is 36.6 Å². The molecule has 0 radical (unpaired) electrons. The van der Waals surface area contributed by atoms with Crippen LogP contribution in [0, 0.1) is 5.82 Å². The molecule has 148 valence electrons. The molecule has 0 bridgehead atoms. The fraction of sp³-hybridized carbons (Fsp3) is 0.632. The minimum absolute atomic E-state index is 0. The number of fused-ring (bicyclic) bond motifs is 1. The van der Waals surface area contributed by atoms with Crippen molar-refractivity contribution in [3.63, 3.8) is 0 Å². The zero-order valence-electron chi connectivity index (χ0n) is 15.6. The lowest BCUT2D eigenvalue weighted by molar-refractivity contribution is -0.0172. The van der Waals surface area contributed by atoms with Crippen LogP contribution in [0.3, 0.4) is 0 Å². The monoisotopic (exact) mass is 479 g/mol. The Labute approximate surface area is 172 Å². The van der Waals surface area contributed by atoms with Crippen molar-refractivity contribution in [3.8, 4) is 5.75 Å². The van der Waals surface area contributed by atoms with E-state index >= 15 is 0 Å². The van der Waals surface area contributed by atoms with Crippen molar-refractivity contribution >= 4 is 29.9 Å². The van der Waals surface area contributed by atoms with Gasteiger partial charge in [0, 0.05) is 18.7 Å². The Morgan fingerprint density at radius 3 is 2.81 bits per heavy atom. The van der Waals surface area contributed by atoms with Gasteiger partial charge in [-0.05, 0) is 30.5 Å². The van der Waals surface area contributed by atoms with Gasteiger partial charge in [-0.25, -0.2) is 4.39 Å². The van der Waals surface area contributed by atoms with Crippen LogP contribution in [0.4, 0.5) is 4.39 Å². The maximum atomic E-state index is 13.7.